The van der Waals surface area contributed by atoms with Crippen molar-refractivity contribution in [3.8, 4) is 0 Å². The third kappa shape index (κ3) is 2.58. The summed E-state index contributed by atoms with van der Waals surface area (Å²) in [5.74, 6) is -0.384. The molecule has 1 atom stereocenters. The van der Waals surface area contributed by atoms with Crippen molar-refractivity contribution >= 4 is 0 Å². The van der Waals surface area contributed by atoms with Crippen LogP contribution < -0.4 is 5.32 Å². The van der Waals surface area contributed by atoms with E-state index in [-0.39, 0.29) is 18.0 Å². The van der Waals surface area contributed by atoms with E-state index in [4.69, 9.17) is 5.11 Å². The molecule has 0 spiro atoms. The van der Waals surface area contributed by atoms with Gasteiger partial charge in [0.15, 0.2) is 0 Å². The number of hydrogen-bond acceptors (Lipinski definition) is 3. The van der Waals surface area contributed by atoms with Crippen molar-refractivity contribution < 1.29 is 14.6 Å². The summed E-state index contributed by atoms with van der Waals surface area (Å²) in [7, 11) is 0. The van der Waals surface area contributed by atoms with E-state index in [1.165, 1.54) is 6.07 Å². The molecule has 1 aromatic rings. The standard InChI is InChI=1S/C12H16FNO2/c13-11-4-2-1-3-10(11)12(16)7-14-8-5-9(15)6-8/h1-4,8-9,12,14-16H,5-7H2. The molecule has 3 nitrogen and oxygen atoms in total. The Labute approximate surface area is 93.9 Å². The number of halogens is 1. The maximum atomic E-state index is 13.3. The van der Waals surface area contributed by atoms with E-state index in [0.29, 0.717) is 24.9 Å². The lowest BCUT2D eigenvalue weighted by atomic mass is 9.89. The van der Waals surface area contributed by atoms with Gasteiger partial charge >= 0.3 is 0 Å². The average molecular weight is 225 g/mol. The molecule has 2 rings (SSSR count). The fraction of sp³-hybridized carbons (Fsp3) is 0.500. The summed E-state index contributed by atoms with van der Waals surface area (Å²) in [5, 5.41) is 22.0. The van der Waals surface area contributed by atoms with Gasteiger partial charge in [0.25, 0.3) is 0 Å². The van der Waals surface area contributed by atoms with Gasteiger partial charge in [0.2, 0.25) is 0 Å². The molecule has 3 N–H and O–H groups in total. The number of hydrogen-bond donors (Lipinski definition) is 3. The summed E-state index contributed by atoms with van der Waals surface area (Å²) in [4.78, 5) is 0. The highest BCUT2D eigenvalue weighted by atomic mass is 19.1. The van der Waals surface area contributed by atoms with Gasteiger partial charge in [-0.15, -0.1) is 0 Å². The van der Waals surface area contributed by atoms with Crippen molar-refractivity contribution in [3.63, 3.8) is 0 Å². The van der Waals surface area contributed by atoms with E-state index in [0.717, 1.165) is 0 Å². The van der Waals surface area contributed by atoms with Crippen molar-refractivity contribution in [2.45, 2.75) is 31.1 Å². The fourth-order valence-electron chi connectivity index (χ4n) is 1.89. The highest BCUT2D eigenvalue weighted by Crippen LogP contribution is 2.21. The van der Waals surface area contributed by atoms with Gasteiger partial charge in [-0.25, -0.2) is 4.39 Å². The summed E-state index contributed by atoms with van der Waals surface area (Å²) in [5.41, 5.74) is 0.315. The molecule has 1 saturated carbocycles. The Morgan fingerprint density at radius 2 is 2.06 bits per heavy atom. The Bertz CT molecular complexity index is 353. The molecular weight excluding hydrogens is 209 g/mol. The second kappa shape index (κ2) is 4.91. The van der Waals surface area contributed by atoms with Crippen LogP contribution in [0.15, 0.2) is 24.3 Å². The van der Waals surface area contributed by atoms with Crippen LogP contribution in [-0.4, -0.2) is 28.9 Å². The lowest BCUT2D eigenvalue weighted by Gasteiger charge is -2.32. The summed E-state index contributed by atoms with van der Waals surface area (Å²) in [6.45, 7) is 0.318. The van der Waals surface area contributed by atoms with Gasteiger partial charge in [0.1, 0.15) is 5.82 Å². The SMILES string of the molecule is OC1CC(NCC(O)c2ccccc2F)C1. The lowest BCUT2D eigenvalue weighted by Crippen LogP contribution is -2.45. The first-order valence-corrected chi connectivity index (χ1v) is 5.50. The molecule has 16 heavy (non-hydrogen) atoms. The van der Waals surface area contributed by atoms with Gasteiger partial charge in [-0.2, -0.15) is 0 Å². The van der Waals surface area contributed by atoms with Crippen molar-refractivity contribution in [2.24, 2.45) is 0 Å². The largest absolute Gasteiger partial charge is 0.393 e. The van der Waals surface area contributed by atoms with Crippen LogP contribution in [0.4, 0.5) is 4.39 Å². The van der Waals surface area contributed by atoms with Gasteiger partial charge in [0.05, 0.1) is 12.2 Å². The van der Waals surface area contributed by atoms with Gasteiger partial charge in [-0.1, -0.05) is 18.2 Å². The van der Waals surface area contributed by atoms with Crippen molar-refractivity contribution in [2.75, 3.05) is 6.54 Å². The molecule has 1 fully saturated rings. The van der Waals surface area contributed by atoms with Crippen molar-refractivity contribution in [1.82, 2.24) is 5.32 Å². The third-order valence-corrected chi connectivity index (χ3v) is 2.98. The van der Waals surface area contributed by atoms with E-state index >= 15 is 0 Å². The Balaban J connectivity index is 1.84. The molecule has 0 amide bonds. The number of rotatable bonds is 4. The van der Waals surface area contributed by atoms with Crippen LogP contribution in [0.2, 0.25) is 0 Å². The quantitative estimate of drug-likeness (QED) is 0.715. The fourth-order valence-corrected chi connectivity index (χ4v) is 1.89. The second-order valence-electron chi connectivity index (χ2n) is 4.27. The Kier molecular flexibility index (Phi) is 3.53. The first-order chi connectivity index (χ1) is 7.66. The highest BCUT2D eigenvalue weighted by molar-refractivity contribution is 5.20. The normalized spacial score (nSPS) is 26.2. The maximum absolute atomic E-state index is 13.3. The summed E-state index contributed by atoms with van der Waals surface area (Å²) < 4.78 is 13.3. The first-order valence-electron chi connectivity index (χ1n) is 5.50. The number of aliphatic hydroxyl groups excluding tert-OH is 2. The van der Waals surface area contributed by atoms with Crippen LogP contribution >= 0.6 is 0 Å². The minimum atomic E-state index is -0.834. The van der Waals surface area contributed by atoms with E-state index in [9.17, 15) is 9.50 Å². The third-order valence-electron chi connectivity index (χ3n) is 2.98. The lowest BCUT2D eigenvalue weighted by molar-refractivity contribution is 0.0548. The average Bonchev–Trinajstić information content (AvgIpc) is 2.23. The molecule has 4 heteroatoms. The molecule has 88 valence electrons. The van der Waals surface area contributed by atoms with Gasteiger partial charge in [-0.05, 0) is 18.9 Å². The zero-order valence-corrected chi connectivity index (χ0v) is 8.94. The molecule has 1 aliphatic rings. The van der Waals surface area contributed by atoms with Crippen LogP contribution in [0.25, 0.3) is 0 Å². The summed E-state index contributed by atoms with van der Waals surface area (Å²) in [6.07, 6.45) is 0.371. The number of nitrogens with one attached hydrogen (secondary N) is 1. The van der Waals surface area contributed by atoms with Crippen LogP contribution in [-0.2, 0) is 0 Å². The molecule has 0 saturated heterocycles. The minimum Gasteiger partial charge on any atom is -0.393 e. The van der Waals surface area contributed by atoms with Crippen LogP contribution in [0.5, 0.6) is 0 Å². The van der Waals surface area contributed by atoms with Crippen LogP contribution in [0.3, 0.4) is 0 Å². The van der Waals surface area contributed by atoms with Gasteiger partial charge < -0.3 is 15.5 Å². The second-order valence-corrected chi connectivity index (χ2v) is 4.27. The molecule has 0 aromatic heterocycles. The monoisotopic (exact) mass is 225 g/mol. The number of benzene rings is 1. The van der Waals surface area contributed by atoms with Crippen LogP contribution in [0.1, 0.15) is 24.5 Å². The van der Waals surface area contributed by atoms with E-state index in [2.05, 4.69) is 5.32 Å². The molecular formula is C12H16FNO2. The molecule has 1 aliphatic carbocycles. The number of aliphatic hydroxyl groups is 2. The minimum absolute atomic E-state index is 0.219. The maximum Gasteiger partial charge on any atom is 0.129 e. The zero-order chi connectivity index (χ0) is 11.5. The van der Waals surface area contributed by atoms with E-state index < -0.39 is 6.10 Å². The van der Waals surface area contributed by atoms with Gasteiger partial charge in [0, 0.05) is 18.2 Å². The van der Waals surface area contributed by atoms with E-state index in [1.807, 2.05) is 0 Å². The van der Waals surface area contributed by atoms with Crippen molar-refractivity contribution in [1.29, 1.82) is 0 Å². The van der Waals surface area contributed by atoms with Crippen molar-refractivity contribution in [3.05, 3.63) is 35.6 Å². The molecule has 0 heterocycles. The summed E-state index contributed by atoms with van der Waals surface area (Å²) >= 11 is 0. The Hall–Kier alpha value is -0.970. The summed E-state index contributed by atoms with van der Waals surface area (Å²) in [6, 6.07) is 6.47. The van der Waals surface area contributed by atoms with Crippen LogP contribution in [0, 0.1) is 5.82 Å². The first kappa shape index (κ1) is 11.5. The Morgan fingerprint density at radius 1 is 1.38 bits per heavy atom. The predicted molar refractivity (Wildman–Crippen MR) is 58.4 cm³/mol. The van der Waals surface area contributed by atoms with Gasteiger partial charge in [-0.3, -0.25) is 0 Å². The predicted octanol–water partition coefficient (Wildman–Crippen LogP) is 0.972. The highest BCUT2D eigenvalue weighted by Gasteiger charge is 2.27. The smallest absolute Gasteiger partial charge is 0.129 e. The molecule has 0 bridgehead atoms. The zero-order valence-electron chi connectivity index (χ0n) is 8.94. The molecule has 0 aliphatic heterocycles. The Morgan fingerprint density at radius 3 is 2.69 bits per heavy atom. The van der Waals surface area contributed by atoms with E-state index in [1.54, 1.807) is 18.2 Å². The molecule has 1 unspecified atom stereocenters. The molecule has 1 aromatic carbocycles. The molecule has 0 radical (unpaired) electrons. The topological polar surface area (TPSA) is 52.5 Å².